The van der Waals surface area contributed by atoms with Gasteiger partial charge in [0, 0.05) is 18.7 Å². The van der Waals surface area contributed by atoms with Crippen LogP contribution in [0.4, 0.5) is 0 Å². The van der Waals surface area contributed by atoms with Crippen LogP contribution in [-0.2, 0) is 0 Å². The summed E-state index contributed by atoms with van der Waals surface area (Å²) in [4.78, 5) is 14.6. The van der Waals surface area contributed by atoms with E-state index >= 15 is 0 Å². The Labute approximate surface area is 128 Å². The highest BCUT2D eigenvalue weighted by molar-refractivity contribution is 5.96. The SMILES string of the molecule is CCC(C)CN(CC)C(=O)c1ccc(C)cc1C#CCN. The van der Waals surface area contributed by atoms with E-state index in [2.05, 4.69) is 25.7 Å². The van der Waals surface area contributed by atoms with Crippen LogP contribution in [0.3, 0.4) is 0 Å². The molecule has 0 aliphatic rings. The molecule has 21 heavy (non-hydrogen) atoms. The minimum atomic E-state index is 0.0547. The lowest BCUT2D eigenvalue weighted by atomic mass is 10.0. The number of rotatable bonds is 5. The molecule has 0 aliphatic carbocycles. The molecule has 1 rings (SSSR count). The highest BCUT2D eigenvalue weighted by atomic mass is 16.2. The zero-order valence-corrected chi connectivity index (χ0v) is 13.6. The minimum Gasteiger partial charge on any atom is -0.339 e. The first-order valence-electron chi connectivity index (χ1n) is 7.62. The van der Waals surface area contributed by atoms with Crippen LogP contribution in [0, 0.1) is 24.7 Å². The zero-order valence-electron chi connectivity index (χ0n) is 13.6. The number of benzene rings is 1. The molecule has 1 atom stereocenters. The first-order chi connectivity index (χ1) is 10.0. The Morgan fingerprint density at radius 3 is 2.67 bits per heavy atom. The Kier molecular flexibility index (Phi) is 6.98. The van der Waals surface area contributed by atoms with Crippen molar-refractivity contribution in [1.82, 2.24) is 4.90 Å². The molecule has 0 spiro atoms. The van der Waals surface area contributed by atoms with Gasteiger partial charge < -0.3 is 10.6 Å². The van der Waals surface area contributed by atoms with E-state index in [0.717, 1.165) is 24.1 Å². The average molecular weight is 286 g/mol. The predicted molar refractivity (Wildman–Crippen MR) is 88.1 cm³/mol. The molecule has 0 fully saturated rings. The highest BCUT2D eigenvalue weighted by Crippen LogP contribution is 2.15. The average Bonchev–Trinajstić information content (AvgIpc) is 2.49. The van der Waals surface area contributed by atoms with Gasteiger partial charge >= 0.3 is 0 Å². The molecule has 2 N–H and O–H groups in total. The minimum absolute atomic E-state index is 0.0547. The number of nitrogens with zero attached hydrogens (tertiary/aromatic N) is 1. The van der Waals surface area contributed by atoms with E-state index < -0.39 is 0 Å². The molecule has 0 radical (unpaired) electrons. The Hall–Kier alpha value is -1.79. The molecule has 1 amide bonds. The molecule has 0 bridgehead atoms. The molecule has 3 heteroatoms. The molecule has 0 aromatic heterocycles. The molecule has 1 unspecified atom stereocenters. The number of carbonyl (C=O) groups is 1. The summed E-state index contributed by atoms with van der Waals surface area (Å²) in [6.45, 7) is 10.1. The number of hydrogen-bond acceptors (Lipinski definition) is 2. The second-order valence-electron chi connectivity index (χ2n) is 5.41. The molecule has 0 saturated carbocycles. The zero-order chi connectivity index (χ0) is 15.8. The Morgan fingerprint density at radius 2 is 2.10 bits per heavy atom. The molecule has 3 nitrogen and oxygen atoms in total. The van der Waals surface area contributed by atoms with Crippen LogP contribution >= 0.6 is 0 Å². The quantitative estimate of drug-likeness (QED) is 0.846. The molecule has 1 aromatic rings. The number of aryl methyl sites for hydroxylation is 1. The van der Waals surface area contributed by atoms with Gasteiger partial charge in [0.05, 0.1) is 12.1 Å². The normalized spacial score (nSPS) is 11.5. The van der Waals surface area contributed by atoms with Gasteiger partial charge in [-0.15, -0.1) is 0 Å². The molecule has 1 aromatic carbocycles. The summed E-state index contributed by atoms with van der Waals surface area (Å²) < 4.78 is 0. The Morgan fingerprint density at radius 1 is 1.38 bits per heavy atom. The third-order valence-corrected chi connectivity index (χ3v) is 3.63. The predicted octanol–water partition coefficient (Wildman–Crippen LogP) is 2.81. The molecular weight excluding hydrogens is 260 g/mol. The van der Waals surface area contributed by atoms with Gasteiger partial charge in [0.25, 0.3) is 5.91 Å². The van der Waals surface area contributed by atoms with Crippen molar-refractivity contribution in [1.29, 1.82) is 0 Å². The summed E-state index contributed by atoms with van der Waals surface area (Å²) in [5.74, 6) is 6.41. The van der Waals surface area contributed by atoms with E-state index in [1.165, 1.54) is 0 Å². The van der Waals surface area contributed by atoms with Gasteiger partial charge in [-0.2, -0.15) is 0 Å². The van der Waals surface area contributed by atoms with Crippen LogP contribution in [0.5, 0.6) is 0 Å². The molecule has 0 saturated heterocycles. The van der Waals surface area contributed by atoms with Crippen LogP contribution < -0.4 is 5.73 Å². The smallest absolute Gasteiger partial charge is 0.255 e. The van der Waals surface area contributed by atoms with Gasteiger partial charge in [-0.05, 0) is 37.5 Å². The fourth-order valence-corrected chi connectivity index (χ4v) is 2.13. The molecule has 0 heterocycles. The number of amides is 1. The van der Waals surface area contributed by atoms with Crippen LogP contribution in [0.25, 0.3) is 0 Å². The third kappa shape index (κ3) is 4.91. The lowest BCUT2D eigenvalue weighted by molar-refractivity contribution is 0.0740. The largest absolute Gasteiger partial charge is 0.339 e. The first kappa shape index (κ1) is 17.3. The van der Waals surface area contributed by atoms with Crippen LogP contribution in [0.15, 0.2) is 18.2 Å². The van der Waals surface area contributed by atoms with Crippen molar-refractivity contribution in [2.24, 2.45) is 11.7 Å². The monoisotopic (exact) mass is 286 g/mol. The van der Waals surface area contributed by atoms with Crippen LogP contribution in [0.1, 0.15) is 48.7 Å². The van der Waals surface area contributed by atoms with Gasteiger partial charge in [0.15, 0.2) is 0 Å². The van der Waals surface area contributed by atoms with E-state index in [-0.39, 0.29) is 5.91 Å². The molecular formula is C18H26N2O. The van der Waals surface area contributed by atoms with Crippen LogP contribution in [-0.4, -0.2) is 30.4 Å². The number of hydrogen-bond donors (Lipinski definition) is 1. The summed E-state index contributed by atoms with van der Waals surface area (Å²) in [5.41, 5.74) is 7.98. The van der Waals surface area contributed by atoms with E-state index in [1.54, 1.807) is 0 Å². The topological polar surface area (TPSA) is 46.3 Å². The van der Waals surface area contributed by atoms with E-state index in [0.29, 0.717) is 24.6 Å². The van der Waals surface area contributed by atoms with Crippen molar-refractivity contribution in [3.05, 3.63) is 34.9 Å². The fourth-order valence-electron chi connectivity index (χ4n) is 2.13. The van der Waals surface area contributed by atoms with Crippen molar-refractivity contribution < 1.29 is 4.79 Å². The van der Waals surface area contributed by atoms with Crippen molar-refractivity contribution in [2.45, 2.75) is 34.1 Å². The summed E-state index contributed by atoms with van der Waals surface area (Å²) in [5, 5.41) is 0. The van der Waals surface area contributed by atoms with Crippen molar-refractivity contribution in [3.63, 3.8) is 0 Å². The fraction of sp³-hybridized carbons (Fsp3) is 0.500. The van der Waals surface area contributed by atoms with Gasteiger partial charge in [0.1, 0.15) is 0 Å². The van der Waals surface area contributed by atoms with Crippen molar-refractivity contribution in [3.8, 4) is 11.8 Å². The van der Waals surface area contributed by atoms with E-state index in [4.69, 9.17) is 5.73 Å². The van der Waals surface area contributed by atoms with Gasteiger partial charge in [-0.3, -0.25) is 4.79 Å². The summed E-state index contributed by atoms with van der Waals surface area (Å²) in [6, 6.07) is 5.78. The lowest BCUT2D eigenvalue weighted by Crippen LogP contribution is -2.35. The van der Waals surface area contributed by atoms with Crippen LogP contribution in [0.2, 0.25) is 0 Å². The Bertz CT molecular complexity index is 540. The number of nitrogens with two attached hydrogens (primary N) is 1. The summed E-state index contributed by atoms with van der Waals surface area (Å²) in [6.07, 6.45) is 1.07. The summed E-state index contributed by atoms with van der Waals surface area (Å²) >= 11 is 0. The second-order valence-corrected chi connectivity index (χ2v) is 5.41. The van der Waals surface area contributed by atoms with Gasteiger partial charge in [-0.1, -0.05) is 38.2 Å². The molecule has 114 valence electrons. The maximum atomic E-state index is 12.7. The second kappa shape index (κ2) is 8.49. The third-order valence-electron chi connectivity index (χ3n) is 3.63. The Balaban J connectivity index is 3.09. The maximum absolute atomic E-state index is 12.7. The maximum Gasteiger partial charge on any atom is 0.255 e. The van der Waals surface area contributed by atoms with Gasteiger partial charge in [0.2, 0.25) is 0 Å². The van der Waals surface area contributed by atoms with E-state index in [1.807, 2.05) is 36.9 Å². The van der Waals surface area contributed by atoms with Crippen molar-refractivity contribution in [2.75, 3.05) is 19.6 Å². The first-order valence-corrected chi connectivity index (χ1v) is 7.62. The standard InChI is InChI=1S/C18H26N2O/c1-5-14(3)13-20(6-2)18(21)17-10-9-15(4)12-16(17)8-7-11-19/h9-10,12,14H,5-6,11,13,19H2,1-4H3. The van der Waals surface area contributed by atoms with Gasteiger partial charge in [-0.25, -0.2) is 0 Å². The highest BCUT2D eigenvalue weighted by Gasteiger charge is 2.18. The lowest BCUT2D eigenvalue weighted by Gasteiger charge is -2.24. The summed E-state index contributed by atoms with van der Waals surface area (Å²) in [7, 11) is 0. The van der Waals surface area contributed by atoms with E-state index in [9.17, 15) is 4.79 Å². The number of carbonyl (C=O) groups excluding carboxylic acids is 1. The molecule has 0 aliphatic heterocycles. The van der Waals surface area contributed by atoms with Crippen molar-refractivity contribution >= 4 is 5.91 Å².